The highest BCUT2D eigenvalue weighted by molar-refractivity contribution is 5.81. The number of hydrogen-bond acceptors (Lipinski definition) is 4. The van der Waals surface area contributed by atoms with Crippen molar-refractivity contribution in [2.75, 3.05) is 34.0 Å². The van der Waals surface area contributed by atoms with Crippen LogP contribution in [-0.4, -0.2) is 52.0 Å². The first-order valence-corrected chi connectivity index (χ1v) is 6.20. The molecule has 1 aliphatic rings. The van der Waals surface area contributed by atoms with Gasteiger partial charge in [-0.3, -0.25) is 4.79 Å². The van der Waals surface area contributed by atoms with Gasteiger partial charge >= 0.3 is 0 Å². The maximum atomic E-state index is 11.7. The fraction of sp³-hybridized carbons (Fsp3) is 0.917. The van der Waals surface area contributed by atoms with Gasteiger partial charge in [0.2, 0.25) is 5.91 Å². The highest BCUT2D eigenvalue weighted by Gasteiger charge is 2.32. The molecule has 2 atom stereocenters. The van der Waals surface area contributed by atoms with Crippen LogP contribution in [0.25, 0.3) is 0 Å². The van der Waals surface area contributed by atoms with Crippen LogP contribution in [0.3, 0.4) is 0 Å². The first-order valence-electron chi connectivity index (χ1n) is 6.20. The predicted molar refractivity (Wildman–Crippen MR) is 65.9 cm³/mol. The van der Waals surface area contributed by atoms with E-state index in [1.165, 1.54) is 12.8 Å². The van der Waals surface area contributed by atoms with Crippen LogP contribution >= 0.6 is 0 Å². The van der Waals surface area contributed by atoms with Crippen LogP contribution in [0.4, 0.5) is 0 Å². The molecule has 17 heavy (non-hydrogen) atoms. The zero-order valence-electron chi connectivity index (χ0n) is 11.0. The molecule has 1 aliphatic carbocycles. The molecule has 1 rings (SSSR count). The van der Waals surface area contributed by atoms with Crippen molar-refractivity contribution in [2.45, 2.75) is 31.8 Å². The fourth-order valence-corrected chi connectivity index (χ4v) is 1.82. The number of methoxy groups -OCH3 is 2. The molecule has 0 aliphatic heterocycles. The Bertz CT molecular complexity index is 232. The third-order valence-corrected chi connectivity index (χ3v) is 3.00. The number of hydrogen-bond donors (Lipinski definition) is 2. The number of ether oxygens (including phenoxy) is 2. The van der Waals surface area contributed by atoms with Gasteiger partial charge in [0.05, 0.1) is 19.3 Å². The van der Waals surface area contributed by atoms with E-state index < -0.39 is 0 Å². The predicted octanol–water partition coefficient (Wildman–Crippen LogP) is 0.152. The Balaban J connectivity index is 2.24. The molecule has 1 fully saturated rings. The summed E-state index contributed by atoms with van der Waals surface area (Å²) in [5, 5.41) is 6.15. The number of carbonyl (C=O) groups is 1. The van der Waals surface area contributed by atoms with E-state index in [1.807, 2.05) is 6.92 Å². The molecule has 1 amide bonds. The lowest BCUT2D eigenvalue weighted by Crippen LogP contribution is -2.49. The van der Waals surface area contributed by atoms with Crippen LogP contribution in [0.5, 0.6) is 0 Å². The lowest BCUT2D eigenvalue weighted by atomic mass is 10.1. The largest absolute Gasteiger partial charge is 0.383 e. The van der Waals surface area contributed by atoms with Crippen molar-refractivity contribution in [3.63, 3.8) is 0 Å². The Morgan fingerprint density at radius 3 is 2.59 bits per heavy atom. The van der Waals surface area contributed by atoms with Gasteiger partial charge in [0.25, 0.3) is 0 Å². The molecule has 0 radical (unpaired) electrons. The second-order valence-corrected chi connectivity index (χ2v) is 4.57. The van der Waals surface area contributed by atoms with Crippen molar-refractivity contribution >= 4 is 5.91 Å². The van der Waals surface area contributed by atoms with Gasteiger partial charge in [-0.05, 0) is 25.7 Å². The monoisotopic (exact) mass is 244 g/mol. The summed E-state index contributed by atoms with van der Waals surface area (Å²) in [7, 11) is 3.32. The molecule has 0 bridgehead atoms. The Morgan fingerprint density at radius 1 is 1.35 bits per heavy atom. The number of amides is 1. The van der Waals surface area contributed by atoms with Crippen molar-refractivity contribution in [3.05, 3.63) is 0 Å². The summed E-state index contributed by atoms with van der Waals surface area (Å²) >= 11 is 0. The minimum Gasteiger partial charge on any atom is -0.383 e. The lowest BCUT2D eigenvalue weighted by molar-refractivity contribution is -0.123. The van der Waals surface area contributed by atoms with E-state index >= 15 is 0 Å². The zero-order chi connectivity index (χ0) is 12.7. The molecule has 100 valence electrons. The summed E-state index contributed by atoms with van der Waals surface area (Å²) in [6, 6.07) is 0.107. The van der Waals surface area contributed by atoms with Crippen LogP contribution in [0.15, 0.2) is 0 Å². The lowest BCUT2D eigenvalue weighted by Gasteiger charge is -2.22. The average molecular weight is 244 g/mol. The summed E-state index contributed by atoms with van der Waals surface area (Å²) in [6.07, 6.45) is 2.47. The Hall–Kier alpha value is -0.650. The average Bonchev–Trinajstić information content (AvgIpc) is 3.12. The molecule has 0 spiro atoms. The zero-order valence-corrected chi connectivity index (χ0v) is 11.0. The van der Waals surface area contributed by atoms with Crippen LogP contribution in [0, 0.1) is 5.92 Å². The van der Waals surface area contributed by atoms with Crippen molar-refractivity contribution in [1.82, 2.24) is 10.6 Å². The quantitative estimate of drug-likeness (QED) is 0.567. The topological polar surface area (TPSA) is 59.6 Å². The van der Waals surface area contributed by atoms with Gasteiger partial charge in [-0.1, -0.05) is 0 Å². The maximum absolute atomic E-state index is 11.7. The van der Waals surface area contributed by atoms with Gasteiger partial charge in [-0.2, -0.15) is 0 Å². The van der Waals surface area contributed by atoms with E-state index in [2.05, 4.69) is 10.6 Å². The molecule has 0 saturated heterocycles. The Labute approximate surface area is 103 Å². The minimum absolute atomic E-state index is 0.0174. The molecule has 2 unspecified atom stereocenters. The van der Waals surface area contributed by atoms with Gasteiger partial charge in [0, 0.05) is 26.8 Å². The smallest absolute Gasteiger partial charge is 0.236 e. The van der Waals surface area contributed by atoms with Crippen LogP contribution in [0.1, 0.15) is 19.8 Å². The summed E-state index contributed by atoms with van der Waals surface area (Å²) in [5.41, 5.74) is 0. The Kier molecular flexibility index (Phi) is 6.47. The summed E-state index contributed by atoms with van der Waals surface area (Å²) in [6.45, 7) is 3.65. The number of nitrogens with one attached hydrogen (secondary N) is 2. The van der Waals surface area contributed by atoms with Crippen LogP contribution < -0.4 is 10.6 Å². The van der Waals surface area contributed by atoms with Crippen molar-refractivity contribution in [3.8, 4) is 0 Å². The van der Waals surface area contributed by atoms with E-state index in [-0.39, 0.29) is 11.9 Å². The SMILES string of the molecule is COCCNC(=O)C(C)NC(COC)C1CC1. The van der Waals surface area contributed by atoms with Gasteiger partial charge in [-0.25, -0.2) is 0 Å². The first kappa shape index (κ1) is 14.4. The molecule has 0 aromatic rings. The highest BCUT2D eigenvalue weighted by Crippen LogP contribution is 2.32. The highest BCUT2D eigenvalue weighted by atomic mass is 16.5. The molecular weight excluding hydrogens is 220 g/mol. The summed E-state index contributed by atoms with van der Waals surface area (Å²) in [5.74, 6) is 0.688. The van der Waals surface area contributed by atoms with E-state index in [0.717, 1.165) is 0 Å². The number of rotatable bonds is 9. The molecule has 0 aromatic carbocycles. The fourth-order valence-electron chi connectivity index (χ4n) is 1.82. The molecule has 0 aromatic heterocycles. The minimum atomic E-state index is -0.187. The molecule has 5 heteroatoms. The van der Waals surface area contributed by atoms with Crippen molar-refractivity contribution < 1.29 is 14.3 Å². The second-order valence-electron chi connectivity index (χ2n) is 4.57. The van der Waals surface area contributed by atoms with Crippen molar-refractivity contribution in [1.29, 1.82) is 0 Å². The molecular formula is C12H24N2O3. The summed E-state index contributed by atoms with van der Waals surface area (Å²) in [4.78, 5) is 11.7. The third-order valence-electron chi connectivity index (χ3n) is 3.00. The molecule has 5 nitrogen and oxygen atoms in total. The van der Waals surface area contributed by atoms with E-state index in [1.54, 1.807) is 14.2 Å². The van der Waals surface area contributed by atoms with Crippen LogP contribution in [0.2, 0.25) is 0 Å². The summed E-state index contributed by atoms with van der Waals surface area (Å²) < 4.78 is 10.1. The maximum Gasteiger partial charge on any atom is 0.236 e. The van der Waals surface area contributed by atoms with Gasteiger partial charge < -0.3 is 20.1 Å². The van der Waals surface area contributed by atoms with Gasteiger partial charge in [0.15, 0.2) is 0 Å². The second kappa shape index (κ2) is 7.63. The van der Waals surface area contributed by atoms with E-state index in [0.29, 0.717) is 31.7 Å². The molecule has 2 N–H and O–H groups in total. The number of carbonyl (C=O) groups excluding carboxylic acids is 1. The standard InChI is InChI=1S/C12H24N2O3/c1-9(12(15)13-6-7-16-2)14-11(8-17-3)10-4-5-10/h9-11,14H,4-8H2,1-3H3,(H,13,15). The van der Waals surface area contributed by atoms with E-state index in [4.69, 9.17) is 9.47 Å². The normalized spacial score (nSPS) is 18.8. The van der Waals surface area contributed by atoms with Gasteiger partial charge in [-0.15, -0.1) is 0 Å². The van der Waals surface area contributed by atoms with Gasteiger partial charge in [0.1, 0.15) is 0 Å². The Morgan fingerprint density at radius 2 is 2.06 bits per heavy atom. The van der Waals surface area contributed by atoms with E-state index in [9.17, 15) is 4.79 Å². The van der Waals surface area contributed by atoms with Crippen molar-refractivity contribution in [2.24, 2.45) is 5.92 Å². The van der Waals surface area contributed by atoms with Crippen LogP contribution in [-0.2, 0) is 14.3 Å². The third kappa shape index (κ3) is 5.48. The molecule has 1 saturated carbocycles. The first-order chi connectivity index (χ1) is 8.19. The molecule has 0 heterocycles.